The molecule has 0 aromatic carbocycles. The molecule has 0 aliphatic heterocycles. The quantitative estimate of drug-likeness (QED) is 0.150. The van der Waals surface area contributed by atoms with Crippen LogP contribution in [0.15, 0.2) is 0 Å². The summed E-state index contributed by atoms with van der Waals surface area (Å²) in [5.41, 5.74) is 0. The lowest BCUT2D eigenvalue weighted by atomic mass is 9.78. The second-order valence-electron chi connectivity index (χ2n) is 7.71. The normalized spacial score (nSPS) is 42.3. The molecule has 10 atom stereocenters. The van der Waals surface area contributed by atoms with Gasteiger partial charge in [0.15, 0.2) is 0 Å². The number of aliphatic hydroxyl groups is 5. The molecule has 0 spiro atoms. The first-order valence-corrected chi connectivity index (χ1v) is 12.0. The Balaban J connectivity index is 2.39. The highest BCUT2D eigenvalue weighted by molar-refractivity contribution is 7.85. The predicted octanol–water partition coefficient (Wildman–Crippen LogP) is -4.68. The van der Waals surface area contributed by atoms with Gasteiger partial charge in [-0.1, -0.05) is 0 Å². The van der Waals surface area contributed by atoms with Crippen molar-refractivity contribution in [3.63, 3.8) is 0 Å². The molecular weight excluding hydrogens is 470 g/mol. The first kappa shape index (κ1) is 26.3. The summed E-state index contributed by atoms with van der Waals surface area (Å²) < 4.78 is 70.2. The molecule has 31 heavy (non-hydrogen) atoms. The van der Waals surface area contributed by atoms with E-state index in [1.165, 1.54) is 0 Å². The van der Waals surface area contributed by atoms with Crippen molar-refractivity contribution in [3.8, 4) is 0 Å². The van der Waals surface area contributed by atoms with E-state index in [1.54, 1.807) is 4.72 Å². The highest BCUT2D eigenvalue weighted by atomic mass is 32.2. The molecule has 0 aromatic rings. The van der Waals surface area contributed by atoms with Gasteiger partial charge >= 0.3 is 16.3 Å². The summed E-state index contributed by atoms with van der Waals surface area (Å²) in [4.78, 5) is 11.5. The molecule has 0 saturated heterocycles. The van der Waals surface area contributed by atoms with E-state index in [9.17, 15) is 52.3 Å². The summed E-state index contributed by atoms with van der Waals surface area (Å²) >= 11 is 0. The molecule has 9 N–H and O–H groups in total. The van der Waals surface area contributed by atoms with Crippen LogP contribution in [0, 0.1) is 11.8 Å². The number of rotatable bonds is 7. The predicted molar refractivity (Wildman–Crippen MR) is 97.4 cm³/mol. The van der Waals surface area contributed by atoms with E-state index in [-0.39, 0.29) is 0 Å². The number of aliphatic carboxylic acids is 1. The molecule has 0 bridgehead atoms. The van der Waals surface area contributed by atoms with Gasteiger partial charge in [0, 0.05) is 5.92 Å². The van der Waals surface area contributed by atoms with Crippen LogP contribution in [-0.2, 0) is 30.0 Å². The number of hydrogen-bond donors (Lipinski definition) is 9. The topological polar surface area (TPSA) is 268 Å². The van der Waals surface area contributed by atoms with Crippen LogP contribution < -0.4 is 4.72 Å². The number of hydrogen-bond acceptors (Lipinski definition) is 11. The Labute approximate surface area is 176 Å². The molecule has 4 unspecified atom stereocenters. The molecule has 0 aromatic heterocycles. The van der Waals surface area contributed by atoms with Crippen molar-refractivity contribution < 1.29 is 66.1 Å². The first-order chi connectivity index (χ1) is 14.0. The van der Waals surface area contributed by atoms with E-state index in [0.29, 0.717) is 0 Å². The summed E-state index contributed by atoms with van der Waals surface area (Å²) in [6.07, 6.45) is -13.9. The molecule has 15 nitrogen and oxygen atoms in total. The van der Waals surface area contributed by atoms with Gasteiger partial charge in [0.25, 0.3) is 10.1 Å². The molecule has 2 rings (SSSR count). The van der Waals surface area contributed by atoms with Crippen molar-refractivity contribution in [2.45, 2.75) is 61.6 Å². The minimum atomic E-state index is -5.01. The molecule has 2 fully saturated rings. The fraction of sp³-hybridized carbons (Fsp3) is 0.929. The van der Waals surface area contributed by atoms with Crippen LogP contribution >= 0.6 is 0 Å². The van der Waals surface area contributed by atoms with Gasteiger partial charge in [0.1, 0.15) is 12.2 Å². The van der Waals surface area contributed by atoms with Crippen LogP contribution in [0.25, 0.3) is 0 Å². The monoisotopic (exact) mass is 495 g/mol. The first-order valence-electron chi connectivity index (χ1n) is 9.00. The van der Waals surface area contributed by atoms with E-state index in [0.717, 1.165) is 0 Å². The standard InChI is InChI=1S/C14H25NO14S2/c16-6-2-5(14(21)22)13(12(20)10(6)18)29-7-1-4(3-30(23,24)25)9(17)11(19)8(7)15-31(26,27)28/h4-13,15-20H,1-3H2,(H,21,22)(H,23,24,25)(H,26,27,28)/t4?,5?,6-,7-,8-,9+,10-,11?,12?,13+/m1/s1. The second kappa shape index (κ2) is 9.48. The molecule has 2 saturated carbocycles. The van der Waals surface area contributed by atoms with Crippen molar-refractivity contribution in [2.75, 3.05) is 5.75 Å². The Morgan fingerprint density at radius 3 is 1.97 bits per heavy atom. The van der Waals surface area contributed by atoms with Gasteiger partial charge in [-0.2, -0.15) is 21.6 Å². The fourth-order valence-corrected chi connectivity index (χ4v) is 5.51. The van der Waals surface area contributed by atoms with Crippen LogP contribution in [0.5, 0.6) is 0 Å². The molecule has 182 valence electrons. The lowest BCUT2D eigenvalue weighted by Gasteiger charge is -2.46. The van der Waals surface area contributed by atoms with Crippen LogP contribution in [-0.4, -0.2) is 117 Å². The summed E-state index contributed by atoms with van der Waals surface area (Å²) in [5, 5.41) is 59.6. The molecule has 2 aliphatic rings. The zero-order valence-corrected chi connectivity index (χ0v) is 17.4. The third kappa shape index (κ3) is 6.51. The minimum absolute atomic E-state index is 0.555. The van der Waals surface area contributed by atoms with E-state index in [4.69, 9.17) is 13.8 Å². The maximum atomic E-state index is 11.5. The van der Waals surface area contributed by atoms with Crippen molar-refractivity contribution in [1.29, 1.82) is 0 Å². The smallest absolute Gasteiger partial charge is 0.333 e. The third-order valence-electron chi connectivity index (χ3n) is 5.47. The van der Waals surface area contributed by atoms with Gasteiger partial charge in [-0.3, -0.25) is 13.9 Å². The Morgan fingerprint density at radius 1 is 0.903 bits per heavy atom. The molecule has 17 heteroatoms. The van der Waals surface area contributed by atoms with Crippen LogP contribution in [0.1, 0.15) is 12.8 Å². The summed E-state index contributed by atoms with van der Waals surface area (Å²) in [5.74, 6) is -5.61. The van der Waals surface area contributed by atoms with E-state index in [2.05, 4.69) is 0 Å². The second-order valence-corrected chi connectivity index (χ2v) is 10.4. The van der Waals surface area contributed by atoms with E-state index < -0.39 is 106 Å². The largest absolute Gasteiger partial charge is 0.481 e. The summed E-state index contributed by atoms with van der Waals surface area (Å²) in [6, 6.07) is -1.83. The fourth-order valence-electron chi connectivity index (χ4n) is 4.00. The molecular formula is C14H25NO14S2. The maximum absolute atomic E-state index is 11.5. The number of nitrogens with one attached hydrogen (secondary N) is 1. The highest BCUT2D eigenvalue weighted by Crippen LogP contribution is 2.35. The van der Waals surface area contributed by atoms with Gasteiger partial charge in [-0.05, 0) is 12.8 Å². The van der Waals surface area contributed by atoms with Crippen molar-refractivity contribution in [1.82, 2.24) is 4.72 Å². The zero-order valence-electron chi connectivity index (χ0n) is 15.7. The molecule has 0 amide bonds. The lowest BCUT2D eigenvalue weighted by molar-refractivity contribution is -0.215. The average molecular weight is 495 g/mol. The zero-order chi connectivity index (χ0) is 23.9. The van der Waals surface area contributed by atoms with Crippen molar-refractivity contribution >= 4 is 26.4 Å². The summed E-state index contributed by atoms with van der Waals surface area (Å²) in [6.45, 7) is 0. The van der Waals surface area contributed by atoms with Gasteiger partial charge in [0.05, 0.1) is 48.2 Å². The van der Waals surface area contributed by atoms with E-state index in [1.807, 2.05) is 0 Å². The van der Waals surface area contributed by atoms with Crippen LogP contribution in [0.4, 0.5) is 0 Å². The number of carbonyl (C=O) groups is 1. The van der Waals surface area contributed by atoms with Crippen LogP contribution in [0.2, 0.25) is 0 Å². The third-order valence-corrected chi connectivity index (χ3v) is 6.89. The van der Waals surface area contributed by atoms with Crippen molar-refractivity contribution in [3.05, 3.63) is 0 Å². The van der Waals surface area contributed by atoms with Gasteiger partial charge in [-0.15, -0.1) is 0 Å². The number of carboxylic acid groups (broad SMARTS) is 1. The SMILES string of the molecule is O=C(O)C1C[C@@H](O)[C@@H](O)C(O)[C@H]1O[C@@H]1CC(CS(=O)(=O)O)[C@H](O)C(O)[C@@H]1NS(=O)(=O)O. The number of ether oxygens (including phenoxy) is 1. The Hall–Kier alpha value is -0.990. The van der Waals surface area contributed by atoms with Gasteiger partial charge in [0.2, 0.25) is 0 Å². The van der Waals surface area contributed by atoms with Gasteiger partial charge in [-0.25, -0.2) is 0 Å². The van der Waals surface area contributed by atoms with E-state index >= 15 is 0 Å². The Kier molecular flexibility index (Phi) is 8.03. The molecule has 0 heterocycles. The average Bonchev–Trinajstić information content (AvgIpc) is 2.60. The van der Waals surface area contributed by atoms with Crippen molar-refractivity contribution in [2.24, 2.45) is 11.8 Å². The minimum Gasteiger partial charge on any atom is -0.481 e. The Morgan fingerprint density at radius 2 is 1.48 bits per heavy atom. The molecule has 0 radical (unpaired) electrons. The maximum Gasteiger partial charge on any atom is 0.333 e. The Bertz CT molecular complexity index is 862. The lowest BCUT2D eigenvalue weighted by Crippen LogP contribution is -2.64. The summed E-state index contributed by atoms with van der Waals surface area (Å²) in [7, 11) is -9.68. The molecule has 2 aliphatic carbocycles. The number of carboxylic acids is 1. The van der Waals surface area contributed by atoms with Gasteiger partial charge < -0.3 is 35.4 Å². The highest BCUT2D eigenvalue weighted by Gasteiger charge is 2.52. The van der Waals surface area contributed by atoms with Crippen LogP contribution in [0.3, 0.4) is 0 Å². The number of aliphatic hydroxyl groups excluding tert-OH is 5.